The van der Waals surface area contributed by atoms with Crippen molar-refractivity contribution in [2.24, 2.45) is 0 Å². The van der Waals surface area contributed by atoms with E-state index in [-0.39, 0.29) is 24.4 Å². The molecule has 1 unspecified atom stereocenters. The van der Waals surface area contributed by atoms with Gasteiger partial charge >= 0.3 is 6.03 Å². The summed E-state index contributed by atoms with van der Waals surface area (Å²) in [4.78, 5) is 40.0. The van der Waals surface area contributed by atoms with E-state index < -0.39 is 6.04 Å². The van der Waals surface area contributed by atoms with Crippen molar-refractivity contribution in [3.63, 3.8) is 0 Å². The van der Waals surface area contributed by atoms with Crippen LogP contribution < -0.4 is 5.32 Å². The molecule has 134 valence electrons. The van der Waals surface area contributed by atoms with Crippen LogP contribution in [0, 0.1) is 13.8 Å². The lowest BCUT2D eigenvalue weighted by Crippen LogP contribution is -2.54. The number of aryl methyl sites for hydroxylation is 1. The number of imide groups is 1. The number of amides is 4. The maximum Gasteiger partial charge on any atom is 0.324 e. The minimum Gasteiger partial charge on any atom is -0.460 e. The third kappa shape index (κ3) is 2.47. The molecule has 0 radical (unpaired) electrons. The fourth-order valence-electron chi connectivity index (χ4n) is 3.53. The molecule has 7 heteroatoms. The van der Waals surface area contributed by atoms with Gasteiger partial charge in [-0.25, -0.2) is 4.79 Å². The van der Waals surface area contributed by atoms with Gasteiger partial charge in [-0.2, -0.15) is 0 Å². The van der Waals surface area contributed by atoms with Crippen molar-refractivity contribution < 1.29 is 18.8 Å². The second-order valence-electron chi connectivity index (χ2n) is 6.61. The summed E-state index contributed by atoms with van der Waals surface area (Å²) in [6.45, 7) is 4.60. The highest BCUT2D eigenvalue weighted by Crippen LogP contribution is 2.32. The number of benzene rings is 1. The average Bonchev–Trinajstić information content (AvgIpc) is 3.11. The van der Waals surface area contributed by atoms with Gasteiger partial charge in [0.2, 0.25) is 0 Å². The molecule has 1 aromatic heterocycles. The highest BCUT2D eigenvalue weighted by molar-refractivity contribution is 6.06. The Bertz CT molecular complexity index is 903. The molecule has 4 amide bonds. The highest BCUT2D eigenvalue weighted by atomic mass is 16.3. The minimum absolute atomic E-state index is 0.176. The zero-order valence-electron chi connectivity index (χ0n) is 14.6. The number of nitrogens with one attached hydrogen (secondary N) is 1. The molecular weight excluding hydrogens is 334 g/mol. The van der Waals surface area contributed by atoms with Crippen molar-refractivity contribution in [2.45, 2.75) is 19.9 Å². The molecule has 7 nitrogen and oxygen atoms in total. The van der Waals surface area contributed by atoms with Gasteiger partial charge in [-0.1, -0.05) is 30.3 Å². The van der Waals surface area contributed by atoms with Gasteiger partial charge in [0.15, 0.2) is 0 Å². The van der Waals surface area contributed by atoms with E-state index in [1.54, 1.807) is 4.90 Å². The first-order valence-electron chi connectivity index (χ1n) is 8.53. The smallest absolute Gasteiger partial charge is 0.324 e. The van der Waals surface area contributed by atoms with Gasteiger partial charge in [0, 0.05) is 24.2 Å². The molecule has 0 saturated carbocycles. The third-order valence-corrected chi connectivity index (χ3v) is 5.10. The first kappa shape index (κ1) is 16.4. The Morgan fingerprint density at radius 3 is 2.62 bits per heavy atom. The number of urea groups is 1. The highest BCUT2D eigenvalue weighted by Gasteiger charge is 2.43. The summed E-state index contributed by atoms with van der Waals surface area (Å²) in [6.07, 6.45) is 0. The Morgan fingerprint density at radius 2 is 1.88 bits per heavy atom. The van der Waals surface area contributed by atoms with E-state index in [0.717, 1.165) is 11.1 Å². The molecule has 2 aromatic rings. The number of fused-ring (bicyclic) bond motifs is 1. The number of hydrogen-bond donors (Lipinski definition) is 1. The van der Waals surface area contributed by atoms with Crippen LogP contribution in [-0.2, 0) is 4.79 Å². The summed E-state index contributed by atoms with van der Waals surface area (Å²) in [5.41, 5.74) is 2.15. The summed E-state index contributed by atoms with van der Waals surface area (Å²) >= 11 is 0. The molecule has 2 saturated heterocycles. The monoisotopic (exact) mass is 353 g/mol. The number of piperazine rings is 1. The molecule has 2 fully saturated rings. The predicted molar refractivity (Wildman–Crippen MR) is 93.6 cm³/mol. The lowest BCUT2D eigenvalue weighted by molar-refractivity contribution is -0.122. The van der Waals surface area contributed by atoms with Gasteiger partial charge < -0.3 is 14.2 Å². The number of nitrogens with zero attached hydrogens (tertiary/aromatic N) is 2. The molecule has 3 heterocycles. The van der Waals surface area contributed by atoms with Crippen LogP contribution in [0.5, 0.6) is 0 Å². The van der Waals surface area contributed by atoms with Crippen LogP contribution in [0.1, 0.15) is 21.7 Å². The Labute approximate surface area is 150 Å². The maximum atomic E-state index is 13.2. The van der Waals surface area contributed by atoms with Crippen molar-refractivity contribution in [3.05, 3.63) is 47.2 Å². The predicted octanol–water partition coefficient (Wildman–Crippen LogP) is 1.94. The summed E-state index contributed by atoms with van der Waals surface area (Å²) in [5.74, 6) is 0.709. The summed E-state index contributed by atoms with van der Waals surface area (Å²) in [5, 5.41) is 2.30. The molecule has 0 aliphatic carbocycles. The average molecular weight is 353 g/mol. The van der Waals surface area contributed by atoms with Gasteiger partial charge in [0.25, 0.3) is 11.8 Å². The van der Waals surface area contributed by atoms with Crippen molar-refractivity contribution >= 4 is 17.8 Å². The van der Waals surface area contributed by atoms with Crippen LogP contribution in [0.15, 0.2) is 34.7 Å². The largest absolute Gasteiger partial charge is 0.460 e. The summed E-state index contributed by atoms with van der Waals surface area (Å²) < 4.78 is 5.88. The fourth-order valence-corrected chi connectivity index (χ4v) is 3.53. The lowest BCUT2D eigenvalue weighted by Gasteiger charge is -2.35. The lowest BCUT2D eigenvalue weighted by atomic mass is 10.0. The zero-order valence-corrected chi connectivity index (χ0v) is 14.6. The molecule has 1 atom stereocenters. The Hall–Kier alpha value is -3.09. The van der Waals surface area contributed by atoms with Crippen LogP contribution in [-0.4, -0.2) is 53.3 Å². The first-order chi connectivity index (χ1) is 12.5. The second kappa shape index (κ2) is 6.01. The molecular formula is C19H19N3O4. The molecule has 4 rings (SSSR count). The molecule has 0 bridgehead atoms. The quantitative estimate of drug-likeness (QED) is 0.837. The van der Waals surface area contributed by atoms with Crippen molar-refractivity contribution in [3.8, 4) is 11.3 Å². The Balaban J connectivity index is 1.67. The standard InChI is InChI=1S/C19H19N3O4/c1-11-12(2)26-16(13-6-4-3-5-7-13)15(11)18(24)21-8-9-22-14(10-21)17(23)20-19(22)25/h3-7,14H,8-10H2,1-2H3,(H,20,23,25). The van der Waals surface area contributed by atoms with Crippen molar-refractivity contribution in [1.29, 1.82) is 0 Å². The number of furan rings is 1. The van der Waals surface area contributed by atoms with E-state index in [0.29, 0.717) is 30.2 Å². The van der Waals surface area contributed by atoms with E-state index in [1.807, 2.05) is 44.2 Å². The molecule has 1 N–H and O–H groups in total. The fraction of sp³-hybridized carbons (Fsp3) is 0.316. The van der Waals surface area contributed by atoms with Gasteiger partial charge in [0.1, 0.15) is 17.6 Å². The van der Waals surface area contributed by atoms with E-state index in [1.165, 1.54) is 4.90 Å². The van der Waals surface area contributed by atoms with Crippen LogP contribution >= 0.6 is 0 Å². The Morgan fingerprint density at radius 1 is 1.15 bits per heavy atom. The van der Waals surface area contributed by atoms with E-state index in [9.17, 15) is 14.4 Å². The van der Waals surface area contributed by atoms with Crippen molar-refractivity contribution in [2.75, 3.05) is 19.6 Å². The number of carbonyl (C=O) groups is 3. The number of hydrogen-bond acceptors (Lipinski definition) is 4. The summed E-state index contributed by atoms with van der Waals surface area (Å²) in [7, 11) is 0. The van der Waals surface area contributed by atoms with Crippen LogP contribution in [0.25, 0.3) is 11.3 Å². The first-order valence-corrected chi connectivity index (χ1v) is 8.53. The van der Waals surface area contributed by atoms with E-state index >= 15 is 0 Å². The normalized spacial score (nSPS) is 19.5. The minimum atomic E-state index is -0.617. The van der Waals surface area contributed by atoms with Gasteiger partial charge in [-0.15, -0.1) is 0 Å². The van der Waals surface area contributed by atoms with Gasteiger partial charge in [0.05, 0.1) is 12.1 Å². The summed E-state index contributed by atoms with van der Waals surface area (Å²) in [6, 6.07) is 8.49. The van der Waals surface area contributed by atoms with E-state index in [4.69, 9.17) is 4.42 Å². The number of carbonyl (C=O) groups excluding carboxylic acids is 3. The van der Waals surface area contributed by atoms with Crippen LogP contribution in [0.4, 0.5) is 4.79 Å². The maximum absolute atomic E-state index is 13.2. The molecule has 0 spiro atoms. The van der Waals surface area contributed by atoms with Crippen LogP contribution in [0.3, 0.4) is 0 Å². The third-order valence-electron chi connectivity index (χ3n) is 5.10. The van der Waals surface area contributed by atoms with E-state index in [2.05, 4.69) is 5.32 Å². The van der Waals surface area contributed by atoms with Gasteiger partial charge in [-0.05, 0) is 13.8 Å². The number of rotatable bonds is 2. The SMILES string of the molecule is Cc1oc(-c2ccccc2)c(C(=O)N2CCN3C(=O)NC(=O)C3C2)c1C. The molecule has 1 aromatic carbocycles. The zero-order chi connectivity index (χ0) is 18.4. The molecule has 26 heavy (non-hydrogen) atoms. The van der Waals surface area contributed by atoms with Crippen molar-refractivity contribution in [1.82, 2.24) is 15.1 Å². The van der Waals surface area contributed by atoms with Gasteiger partial charge in [-0.3, -0.25) is 14.9 Å². The van der Waals surface area contributed by atoms with Crippen LogP contribution in [0.2, 0.25) is 0 Å². The Kier molecular flexibility index (Phi) is 3.79. The topological polar surface area (TPSA) is 82.9 Å². The molecule has 2 aliphatic rings. The second-order valence-corrected chi connectivity index (χ2v) is 6.61. The molecule has 2 aliphatic heterocycles.